The minimum absolute atomic E-state index is 0.0610. The van der Waals surface area contributed by atoms with Gasteiger partial charge in [0.2, 0.25) is 5.91 Å². The summed E-state index contributed by atoms with van der Waals surface area (Å²) in [5.41, 5.74) is 6.15. The quantitative estimate of drug-likeness (QED) is 0.801. The molecule has 6 heteroatoms. The average molecular weight is 275 g/mol. The Morgan fingerprint density at radius 3 is 2.82 bits per heavy atom. The fourth-order valence-corrected chi connectivity index (χ4v) is 3.02. The number of carbonyl (C=O) groups is 1. The fraction of sp³-hybridized carbons (Fsp3) is 0.364. The van der Waals surface area contributed by atoms with Crippen LogP contribution in [0.5, 0.6) is 0 Å². The van der Waals surface area contributed by atoms with E-state index in [-0.39, 0.29) is 5.91 Å². The molecule has 0 aliphatic heterocycles. The molecule has 4 nitrogen and oxygen atoms in total. The first-order chi connectivity index (χ1) is 8.06. The molecule has 1 atom stereocenters. The first-order valence-electron chi connectivity index (χ1n) is 5.19. The zero-order chi connectivity index (χ0) is 12.8. The molecule has 94 valence electrons. The number of amides is 1. The molecule has 0 aliphatic carbocycles. The van der Waals surface area contributed by atoms with Gasteiger partial charge in [0.15, 0.2) is 0 Å². The standard InChI is InChI=1S/C11H15ClN2O2S/c1-14-10(15)6-3-7-17(16)11-8(12)4-2-5-9(11)13/h2,4-5H,3,6-7,13H2,1H3,(H,14,15). The van der Waals surface area contributed by atoms with Crippen molar-refractivity contribution >= 4 is 34.0 Å². The summed E-state index contributed by atoms with van der Waals surface area (Å²) in [6.45, 7) is 0. The number of hydrogen-bond donors (Lipinski definition) is 2. The van der Waals surface area contributed by atoms with Crippen LogP contribution in [0.2, 0.25) is 5.02 Å². The van der Waals surface area contributed by atoms with Crippen LogP contribution in [-0.2, 0) is 15.6 Å². The molecule has 0 fully saturated rings. The summed E-state index contributed by atoms with van der Waals surface area (Å²) in [6.07, 6.45) is 0.892. The van der Waals surface area contributed by atoms with Crippen LogP contribution in [0.1, 0.15) is 12.8 Å². The molecule has 0 radical (unpaired) electrons. The van der Waals surface area contributed by atoms with Crippen molar-refractivity contribution in [3.8, 4) is 0 Å². The predicted octanol–water partition coefficient (Wildman–Crippen LogP) is 1.56. The van der Waals surface area contributed by atoms with Gasteiger partial charge in [-0.1, -0.05) is 17.7 Å². The molecule has 17 heavy (non-hydrogen) atoms. The highest BCUT2D eigenvalue weighted by molar-refractivity contribution is 7.85. The topological polar surface area (TPSA) is 72.2 Å². The highest BCUT2D eigenvalue weighted by atomic mass is 35.5. The van der Waals surface area contributed by atoms with Gasteiger partial charge in [-0.25, -0.2) is 0 Å². The van der Waals surface area contributed by atoms with Gasteiger partial charge in [0.1, 0.15) is 0 Å². The Balaban J connectivity index is 2.61. The van der Waals surface area contributed by atoms with E-state index < -0.39 is 10.8 Å². The van der Waals surface area contributed by atoms with E-state index in [1.807, 2.05) is 0 Å². The summed E-state index contributed by atoms with van der Waals surface area (Å²) in [7, 11) is 0.313. The SMILES string of the molecule is CNC(=O)CCCS(=O)c1c(N)cccc1Cl. The van der Waals surface area contributed by atoms with Crippen LogP contribution in [0, 0.1) is 0 Å². The van der Waals surface area contributed by atoms with Gasteiger partial charge in [0.05, 0.1) is 20.7 Å². The molecule has 1 rings (SSSR count). The zero-order valence-corrected chi connectivity index (χ0v) is 11.1. The van der Waals surface area contributed by atoms with Gasteiger partial charge < -0.3 is 11.1 Å². The number of nitrogen functional groups attached to an aromatic ring is 1. The smallest absolute Gasteiger partial charge is 0.219 e. The van der Waals surface area contributed by atoms with E-state index in [1.54, 1.807) is 25.2 Å². The second kappa shape index (κ2) is 6.61. The van der Waals surface area contributed by atoms with Crippen LogP contribution in [-0.4, -0.2) is 22.9 Å². The van der Waals surface area contributed by atoms with E-state index in [0.717, 1.165) is 0 Å². The highest BCUT2D eigenvalue weighted by Crippen LogP contribution is 2.26. The summed E-state index contributed by atoms with van der Waals surface area (Å²) < 4.78 is 12.0. The summed E-state index contributed by atoms with van der Waals surface area (Å²) in [6, 6.07) is 5.03. The molecule has 0 aromatic heterocycles. The molecular weight excluding hydrogens is 260 g/mol. The Morgan fingerprint density at radius 2 is 2.24 bits per heavy atom. The lowest BCUT2D eigenvalue weighted by Crippen LogP contribution is -2.18. The second-order valence-electron chi connectivity index (χ2n) is 3.48. The van der Waals surface area contributed by atoms with Crippen LogP contribution in [0.4, 0.5) is 5.69 Å². The number of rotatable bonds is 5. The maximum atomic E-state index is 12.0. The molecule has 0 heterocycles. The van der Waals surface area contributed by atoms with E-state index >= 15 is 0 Å². The van der Waals surface area contributed by atoms with Gasteiger partial charge in [0.25, 0.3) is 0 Å². The van der Waals surface area contributed by atoms with Crippen molar-refractivity contribution in [2.75, 3.05) is 18.5 Å². The van der Waals surface area contributed by atoms with Gasteiger partial charge in [0, 0.05) is 24.9 Å². The Kier molecular flexibility index (Phi) is 5.44. The van der Waals surface area contributed by atoms with Gasteiger partial charge in [-0.2, -0.15) is 0 Å². The third-order valence-electron chi connectivity index (χ3n) is 2.24. The van der Waals surface area contributed by atoms with Gasteiger partial charge >= 0.3 is 0 Å². The molecule has 1 amide bonds. The lowest BCUT2D eigenvalue weighted by molar-refractivity contribution is -0.120. The minimum atomic E-state index is -1.26. The zero-order valence-electron chi connectivity index (χ0n) is 9.53. The predicted molar refractivity (Wildman–Crippen MR) is 70.4 cm³/mol. The summed E-state index contributed by atoms with van der Waals surface area (Å²) in [4.78, 5) is 11.5. The lowest BCUT2D eigenvalue weighted by atomic mass is 10.3. The van der Waals surface area contributed by atoms with Gasteiger partial charge in [-0.3, -0.25) is 9.00 Å². The van der Waals surface area contributed by atoms with Crippen molar-refractivity contribution in [2.45, 2.75) is 17.7 Å². The third kappa shape index (κ3) is 4.02. The first kappa shape index (κ1) is 14.0. The lowest BCUT2D eigenvalue weighted by Gasteiger charge is -2.07. The maximum Gasteiger partial charge on any atom is 0.219 e. The normalized spacial score (nSPS) is 12.1. The van der Waals surface area contributed by atoms with Crippen LogP contribution >= 0.6 is 11.6 Å². The molecule has 0 saturated heterocycles. The Bertz CT molecular complexity index is 417. The summed E-state index contributed by atoms with van der Waals surface area (Å²) in [5.74, 6) is 0.315. The maximum absolute atomic E-state index is 12.0. The van der Waals surface area contributed by atoms with Crippen LogP contribution in [0.3, 0.4) is 0 Å². The van der Waals surface area contributed by atoms with Gasteiger partial charge in [-0.05, 0) is 18.6 Å². The van der Waals surface area contributed by atoms with E-state index in [0.29, 0.717) is 34.2 Å². The molecule has 0 aliphatic rings. The third-order valence-corrected chi connectivity index (χ3v) is 4.23. The molecule has 0 saturated carbocycles. The molecule has 0 spiro atoms. The summed E-state index contributed by atoms with van der Waals surface area (Å²) in [5, 5.41) is 2.92. The molecule has 3 N–H and O–H groups in total. The van der Waals surface area contributed by atoms with Crippen molar-refractivity contribution in [1.82, 2.24) is 5.32 Å². The number of halogens is 1. The molecular formula is C11H15ClN2O2S. The van der Waals surface area contributed by atoms with Crippen molar-refractivity contribution in [3.05, 3.63) is 23.2 Å². The monoisotopic (exact) mass is 274 g/mol. The average Bonchev–Trinajstić information content (AvgIpc) is 2.28. The number of anilines is 1. The van der Waals surface area contributed by atoms with E-state index in [1.165, 1.54) is 0 Å². The number of nitrogens with one attached hydrogen (secondary N) is 1. The van der Waals surface area contributed by atoms with E-state index in [9.17, 15) is 9.00 Å². The fourth-order valence-electron chi connectivity index (χ4n) is 1.36. The molecule has 1 aromatic rings. The van der Waals surface area contributed by atoms with Crippen LogP contribution < -0.4 is 11.1 Å². The molecule has 1 unspecified atom stereocenters. The van der Waals surface area contributed by atoms with Crippen LogP contribution in [0.15, 0.2) is 23.1 Å². The number of nitrogens with two attached hydrogens (primary N) is 1. The van der Waals surface area contributed by atoms with Crippen LogP contribution in [0.25, 0.3) is 0 Å². The highest BCUT2D eigenvalue weighted by Gasteiger charge is 2.12. The number of hydrogen-bond acceptors (Lipinski definition) is 3. The summed E-state index contributed by atoms with van der Waals surface area (Å²) >= 11 is 5.94. The van der Waals surface area contributed by atoms with Crippen molar-refractivity contribution in [2.24, 2.45) is 0 Å². The second-order valence-corrected chi connectivity index (χ2v) is 5.40. The number of benzene rings is 1. The molecule has 0 bridgehead atoms. The molecule has 1 aromatic carbocycles. The minimum Gasteiger partial charge on any atom is -0.398 e. The van der Waals surface area contributed by atoms with Gasteiger partial charge in [-0.15, -0.1) is 0 Å². The van der Waals surface area contributed by atoms with Crippen molar-refractivity contribution in [3.63, 3.8) is 0 Å². The Hall–Kier alpha value is -1.07. The Labute approximate surface area is 108 Å². The Morgan fingerprint density at radius 1 is 1.53 bits per heavy atom. The van der Waals surface area contributed by atoms with Crippen molar-refractivity contribution < 1.29 is 9.00 Å². The largest absolute Gasteiger partial charge is 0.398 e. The van der Waals surface area contributed by atoms with Crippen molar-refractivity contribution in [1.29, 1.82) is 0 Å². The first-order valence-corrected chi connectivity index (χ1v) is 6.89. The van der Waals surface area contributed by atoms with E-state index in [4.69, 9.17) is 17.3 Å². The van der Waals surface area contributed by atoms with E-state index in [2.05, 4.69) is 5.32 Å². The number of carbonyl (C=O) groups excluding carboxylic acids is 1.